The van der Waals surface area contributed by atoms with Crippen molar-refractivity contribution in [1.29, 1.82) is 0 Å². The first-order chi connectivity index (χ1) is 12.5. The van der Waals surface area contributed by atoms with Crippen LogP contribution in [0.4, 0.5) is 0 Å². The van der Waals surface area contributed by atoms with Crippen LogP contribution in [0.2, 0.25) is 0 Å². The second-order valence-corrected chi connectivity index (χ2v) is 6.74. The zero-order valence-electron chi connectivity index (χ0n) is 14.1. The lowest BCUT2D eigenvalue weighted by Gasteiger charge is -2.35. The fraction of sp³-hybridized carbons (Fsp3) is 0.353. The van der Waals surface area contributed by atoms with Crippen molar-refractivity contribution < 1.29 is 18.4 Å². The molecule has 1 aromatic rings. The van der Waals surface area contributed by atoms with E-state index in [2.05, 4.69) is 9.71 Å². The van der Waals surface area contributed by atoms with E-state index in [0.717, 1.165) is 0 Å². The topological polar surface area (TPSA) is 103 Å². The number of carbonyl (C=O) groups excluding carboxylic acids is 2. The molecule has 9 heteroatoms. The summed E-state index contributed by atoms with van der Waals surface area (Å²) in [7, 11) is 0. The average Bonchev–Trinajstić information content (AvgIpc) is 2.68. The number of piperazine rings is 1. The van der Waals surface area contributed by atoms with Crippen LogP contribution < -0.4 is 4.72 Å². The van der Waals surface area contributed by atoms with Gasteiger partial charge in [0.25, 0.3) is 17.2 Å². The van der Waals surface area contributed by atoms with Crippen LogP contribution in [0, 0.1) is 0 Å². The molecule has 0 aromatic carbocycles. The molecule has 1 aliphatic carbocycles. The largest absolute Gasteiger partial charge is 0.335 e. The lowest BCUT2D eigenvalue weighted by molar-refractivity contribution is -0.128. The molecule has 8 nitrogen and oxygen atoms in total. The smallest absolute Gasteiger partial charge is 0.272 e. The van der Waals surface area contributed by atoms with Gasteiger partial charge in [0, 0.05) is 43.6 Å². The molecule has 0 bridgehead atoms. The minimum absolute atomic E-state index is 0.0460. The van der Waals surface area contributed by atoms with E-state index in [1.807, 2.05) is 0 Å². The summed E-state index contributed by atoms with van der Waals surface area (Å²) in [6.45, 7) is 1.90. The number of allylic oxidation sites excluding steroid dienone is 3. The maximum Gasteiger partial charge on any atom is 0.272 e. The molecule has 1 fully saturated rings. The van der Waals surface area contributed by atoms with Crippen molar-refractivity contribution in [3.63, 3.8) is 0 Å². The van der Waals surface area contributed by atoms with Crippen LogP contribution in [-0.4, -0.2) is 61.5 Å². The standard InChI is InChI=1S/C17H20N4O4S/c22-16(13-4-6-14(7-5-13)19-26(24)25)20-9-11-21(12-10-20)17(23)15-3-1-2-8-18-15/h1-4,6,8,19H,5,7,9-12H2,(H,24,25). The van der Waals surface area contributed by atoms with Gasteiger partial charge in [0.1, 0.15) is 5.69 Å². The molecule has 138 valence electrons. The molecule has 2 amide bonds. The molecular formula is C17H20N4O4S. The lowest BCUT2D eigenvalue weighted by Crippen LogP contribution is -2.51. The van der Waals surface area contributed by atoms with Gasteiger partial charge in [-0.2, -0.15) is 0 Å². The van der Waals surface area contributed by atoms with E-state index in [4.69, 9.17) is 4.55 Å². The predicted molar refractivity (Wildman–Crippen MR) is 96.0 cm³/mol. The van der Waals surface area contributed by atoms with E-state index < -0.39 is 11.3 Å². The number of rotatable bonds is 4. The Morgan fingerprint density at radius 1 is 1.04 bits per heavy atom. The monoisotopic (exact) mass is 376 g/mol. The molecule has 2 N–H and O–H groups in total. The van der Waals surface area contributed by atoms with Crippen LogP contribution in [0.15, 0.2) is 47.8 Å². The Kier molecular flexibility index (Phi) is 5.79. The highest BCUT2D eigenvalue weighted by molar-refractivity contribution is 7.77. The highest BCUT2D eigenvalue weighted by Gasteiger charge is 2.27. The van der Waals surface area contributed by atoms with Crippen molar-refractivity contribution in [2.75, 3.05) is 26.2 Å². The third-order valence-corrected chi connectivity index (χ3v) is 4.82. The quantitative estimate of drug-likeness (QED) is 0.753. The first kappa shape index (κ1) is 18.3. The lowest BCUT2D eigenvalue weighted by atomic mass is 10.0. The molecule has 0 saturated carbocycles. The van der Waals surface area contributed by atoms with Crippen LogP contribution in [0.3, 0.4) is 0 Å². The van der Waals surface area contributed by atoms with E-state index in [1.165, 1.54) is 0 Å². The number of hydrogen-bond acceptors (Lipinski definition) is 4. The summed E-state index contributed by atoms with van der Waals surface area (Å²) in [5.41, 5.74) is 1.71. The Labute approximate surface area is 154 Å². The Balaban J connectivity index is 1.56. The highest BCUT2D eigenvalue weighted by atomic mass is 32.2. The Bertz CT molecular complexity index is 770. The van der Waals surface area contributed by atoms with Gasteiger partial charge in [-0.3, -0.25) is 23.8 Å². The van der Waals surface area contributed by atoms with Gasteiger partial charge in [0.15, 0.2) is 0 Å². The van der Waals surface area contributed by atoms with Gasteiger partial charge in [-0.25, -0.2) is 4.21 Å². The van der Waals surface area contributed by atoms with Crippen molar-refractivity contribution in [1.82, 2.24) is 19.5 Å². The second-order valence-electron chi connectivity index (χ2n) is 6.03. The summed E-state index contributed by atoms with van der Waals surface area (Å²) in [4.78, 5) is 32.5. The van der Waals surface area contributed by atoms with Crippen molar-refractivity contribution in [3.8, 4) is 0 Å². The van der Waals surface area contributed by atoms with Crippen molar-refractivity contribution in [2.45, 2.75) is 12.8 Å². The Morgan fingerprint density at radius 3 is 2.27 bits per heavy atom. The zero-order valence-corrected chi connectivity index (χ0v) is 14.9. The number of aromatic nitrogens is 1. The van der Waals surface area contributed by atoms with Crippen LogP contribution in [0.25, 0.3) is 0 Å². The number of hydrogen-bond donors (Lipinski definition) is 2. The summed E-state index contributed by atoms with van der Waals surface area (Å²) in [5, 5.41) is 0. The molecule has 2 aliphatic rings. The third kappa shape index (κ3) is 4.36. The fourth-order valence-corrected chi connectivity index (χ4v) is 3.37. The number of nitrogens with one attached hydrogen (secondary N) is 1. The number of nitrogens with zero attached hydrogens (tertiary/aromatic N) is 3. The summed E-state index contributed by atoms with van der Waals surface area (Å²) >= 11 is -2.10. The van der Waals surface area contributed by atoms with Crippen LogP contribution >= 0.6 is 0 Å². The second kappa shape index (κ2) is 8.24. The average molecular weight is 376 g/mol. The number of carbonyl (C=O) groups is 2. The molecule has 2 heterocycles. The minimum atomic E-state index is -2.10. The molecule has 26 heavy (non-hydrogen) atoms. The van der Waals surface area contributed by atoms with Crippen LogP contribution in [0.5, 0.6) is 0 Å². The van der Waals surface area contributed by atoms with E-state index in [-0.39, 0.29) is 11.8 Å². The zero-order chi connectivity index (χ0) is 18.5. The highest BCUT2D eigenvalue weighted by Crippen LogP contribution is 2.20. The van der Waals surface area contributed by atoms with Gasteiger partial charge in [-0.05, 0) is 31.1 Å². The predicted octanol–water partition coefficient (Wildman–Crippen LogP) is 0.696. The summed E-state index contributed by atoms with van der Waals surface area (Å²) < 4.78 is 22.0. The number of amides is 2. The molecule has 1 aromatic heterocycles. The van der Waals surface area contributed by atoms with Crippen molar-refractivity contribution in [3.05, 3.63) is 53.5 Å². The molecule has 0 spiro atoms. The maximum atomic E-state index is 12.6. The Hall–Kier alpha value is -2.52. The van der Waals surface area contributed by atoms with Crippen molar-refractivity contribution in [2.24, 2.45) is 0 Å². The van der Waals surface area contributed by atoms with E-state index in [9.17, 15) is 13.8 Å². The van der Waals surface area contributed by atoms with E-state index >= 15 is 0 Å². The van der Waals surface area contributed by atoms with E-state index in [0.29, 0.717) is 56.0 Å². The molecule has 1 atom stereocenters. The van der Waals surface area contributed by atoms with Crippen LogP contribution in [0.1, 0.15) is 23.3 Å². The van der Waals surface area contributed by atoms with Crippen molar-refractivity contribution >= 4 is 23.1 Å². The van der Waals surface area contributed by atoms with Gasteiger partial charge in [0.05, 0.1) is 0 Å². The third-order valence-electron chi connectivity index (χ3n) is 4.38. The molecular weight excluding hydrogens is 356 g/mol. The normalized spacial score (nSPS) is 18.7. The minimum Gasteiger partial charge on any atom is -0.335 e. The summed E-state index contributed by atoms with van der Waals surface area (Å²) in [6, 6.07) is 5.22. The van der Waals surface area contributed by atoms with Gasteiger partial charge in [-0.15, -0.1) is 0 Å². The van der Waals surface area contributed by atoms with E-state index in [1.54, 1.807) is 46.3 Å². The summed E-state index contributed by atoms with van der Waals surface area (Å²) in [5.74, 6) is -0.166. The molecule has 1 saturated heterocycles. The first-order valence-electron chi connectivity index (χ1n) is 8.31. The van der Waals surface area contributed by atoms with Gasteiger partial charge in [-0.1, -0.05) is 12.1 Å². The Morgan fingerprint density at radius 2 is 1.73 bits per heavy atom. The molecule has 3 rings (SSSR count). The van der Waals surface area contributed by atoms with Crippen LogP contribution in [-0.2, 0) is 16.1 Å². The molecule has 0 radical (unpaired) electrons. The van der Waals surface area contributed by atoms with Gasteiger partial charge >= 0.3 is 0 Å². The maximum absolute atomic E-state index is 12.6. The first-order valence-corrected chi connectivity index (χ1v) is 9.42. The summed E-state index contributed by atoms with van der Waals surface area (Å²) in [6.07, 6.45) is 5.97. The number of pyridine rings is 1. The van der Waals surface area contributed by atoms with Gasteiger partial charge < -0.3 is 9.80 Å². The van der Waals surface area contributed by atoms with Gasteiger partial charge in [0.2, 0.25) is 5.91 Å². The SMILES string of the molecule is O=C(C1=CC=C(NS(=O)O)CC1)N1CCN(C(=O)c2ccccn2)CC1. The fourth-order valence-electron chi connectivity index (χ4n) is 2.98. The molecule has 1 unspecified atom stereocenters. The molecule has 1 aliphatic heterocycles.